The fourth-order valence-corrected chi connectivity index (χ4v) is 2.57. The van der Waals surface area contributed by atoms with E-state index in [2.05, 4.69) is 0 Å². The predicted molar refractivity (Wildman–Crippen MR) is 97.2 cm³/mol. The number of nitro groups is 1. The normalized spacial score (nSPS) is 11.1. The lowest BCUT2D eigenvalue weighted by Crippen LogP contribution is -1.91. The topological polar surface area (TPSA) is 89.3 Å². The molecule has 0 saturated heterocycles. The van der Waals surface area contributed by atoms with Gasteiger partial charge in [0.05, 0.1) is 29.2 Å². The molecule has 0 saturated carbocycles. The van der Waals surface area contributed by atoms with Gasteiger partial charge in [-0.3, -0.25) is 10.1 Å². The summed E-state index contributed by atoms with van der Waals surface area (Å²) in [5.41, 5.74) is 0.546. The van der Waals surface area contributed by atoms with Crippen molar-refractivity contribution in [2.45, 2.75) is 0 Å². The lowest BCUT2D eigenvalue weighted by molar-refractivity contribution is -0.384. The van der Waals surface area contributed by atoms with Gasteiger partial charge in [-0.2, -0.15) is 5.26 Å². The highest BCUT2D eigenvalue weighted by atomic mass is 19.1. The summed E-state index contributed by atoms with van der Waals surface area (Å²) in [6, 6.07) is 15.2. The fraction of sp³-hybridized carbons (Fsp3) is 0.0500. The molecule has 3 aromatic rings. The maximum atomic E-state index is 13.9. The van der Waals surface area contributed by atoms with E-state index in [-0.39, 0.29) is 16.8 Å². The number of nitrogens with zero attached hydrogens (tertiary/aromatic N) is 2. The van der Waals surface area contributed by atoms with Crippen molar-refractivity contribution in [3.63, 3.8) is 0 Å². The van der Waals surface area contributed by atoms with E-state index in [9.17, 15) is 19.8 Å². The zero-order valence-corrected chi connectivity index (χ0v) is 14.2. The summed E-state index contributed by atoms with van der Waals surface area (Å²) in [5.74, 6) is 0.517. The molecule has 6 nitrogen and oxygen atoms in total. The molecular formula is C20H13FN2O4. The molecular weight excluding hydrogens is 351 g/mol. The van der Waals surface area contributed by atoms with Crippen LogP contribution in [0.3, 0.4) is 0 Å². The van der Waals surface area contributed by atoms with Gasteiger partial charge in [0, 0.05) is 17.7 Å². The van der Waals surface area contributed by atoms with Gasteiger partial charge in [-0.25, -0.2) is 4.39 Å². The first-order chi connectivity index (χ1) is 13.0. The molecule has 2 aromatic carbocycles. The Kier molecular flexibility index (Phi) is 4.99. The van der Waals surface area contributed by atoms with Gasteiger partial charge in [0.25, 0.3) is 5.69 Å². The van der Waals surface area contributed by atoms with Crippen LogP contribution in [-0.2, 0) is 0 Å². The third-order valence-electron chi connectivity index (χ3n) is 3.86. The molecule has 0 radical (unpaired) electrons. The summed E-state index contributed by atoms with van der Waals surface area (Å²) in [6.07, 6.45) is 1.41. The molecule has 0 atom stereocenters. The van der Waals surface area contributed by atoms with E-state index in [1.807, 2.05) is 6.07 Å². The van der Waals surface area contributed by atoms with Crippen molar-refractivity contribution >= 4 is 17.3 Å². The lowest BCUT2D eigenvalue weighted by Gasteiger charge is -2.05. The SMILES string of the molecule is COc1ccc([N+](=O)[O-])cc1-c1ccc(/C=C(/C#N)c2ccccc2F)o1. The van der Waals surface area contributed by atoms with Crippen molar-refractivity contribution in [2.24, 2.45) is 0 Å². The van der Waals surface area contributed by atoms with Crippen LogP contribution < -0.4 is 4.74 Å². The van der Waals surface area contributed by atoms with Gasteiger partial charge in [0.15, 0.2) is 0 Å². The Hall–Kier alpha value is -3.92. The van der Waals surface area contributed by atoms with Crippen molar-refractivity contribution in [3.05, 3.63) is 81.9 Å². The molecule has 0 aliphatic heterocycles. The van der Waals surface area contributed by atoms with Crippen molar-refractivity contribution in [3.8, 4) is 23.1 Å². The van der Waals surface area contributed by atoms with E-state index in [0.29, 0.717) is 22.8 Å². The van der Waals surface area contributed by atoms with Gasteiger partial charge < -0.3 is 9.15 Å². The average molecular weight is 364 g/mol. The number of nitriles is 1. The number of furan rings is 1. The van der Waals surface area contributed by atoms with E-state index in [1.165, 1.54) is 49.6 Å². The third-order valence-corrected chi connectivity index (χ3v) is 3.86. The summed E-state index contributed by atoms with van der Waals surface area (Å²) in [4.78, 5) is 10.5. The average Bonchev–Trinajstić information content (AvgIpc) is 3.14. The van der Waals surface area contributed by atoms with Crippen LogP contribution in [0.4, 0.5) is 10.1 Å². The minimum absolute atomic E-state index is 0.0972. The van der Waals surface area contributed by atoms with Crippen molar-refractivity contribution in [2.75, 3.05) is 7.11 Å². The molecule has 7 heteroatoms. The number of hydrogen-bond acceptors (Lipinski definition) is 5. The first-order valence-electron chi connectivity index (χ1n) is 7.83. The number of non-ortho nitro benzene ring substituents is 1. The second kappa shape index (κ2) is 7.54. The zero-order chi connectivity index (χ0) is 19.4. The third kappa shape index (κ3) is 3.70. The highest BCUT2D eigenvalue weighted by Crippen LogP contribution is 2.35. The standard InChI is InChI=1S/C20H13FN2O4/c1-26-19-8-6-14(23(24)25)11-17(19)20-9-7-15(27-20)10-13(12-22)16-4-2-3-5-18(16)21/h2-11H,1H3/b13-10-. The number of hydrogen-bond donors (Lipinski definition) is 0. The van der Waals surface area contributed by atoms with Crippen LogP contribution in [0.15, 0.2) is 59.0 Å². The first kappa shape index (κ1) is 17.9. The summed E-state index contributed by atoms with van der Waals surface area (Å²) < 4.78 is 24.8. The van der Waals surface area contributed by atoms with Crippen LogP contribution >= 0.6 is 0 Å². The Morgan fingerprint density at radius 2 is 2.04 bits per heavy atom. The molecule has 27 heavy (non-hydrogen) atoms. The van der Waals surface area contributed by atoms with E-state index in [0.717, 1.165) is 0 Å². The molecule has 1 heterocycles. The molecule has 0 aliphatic rings. The maximum Gasteiger partial charge on any atom is 0.270 e. The quantitative estimate of drug-likeness (QED) is 0.358. The Morgan fingerprint density at radius 1 is 1.26 bits per heavy atom. The molecule has 1 aromatic heterocycles. The Bertz CT molecular complexity index is 1080. The van der Waals surface area contributed by atoms with Crippen molar-refractivity contribution in [1.82, 2.24) is 0 Å². The Labute approximate surface area is 153 Å². The van der Waals surface area contributed by atoms with E-state index in [4.69, 9.17) is 9.15 Å². The van der Waals surface area contributed by atoms with Crippen molar-refractivity contribution in [1.29, 1.82) is 5.26 Å². The zero-order valence-electron chi connectivity index (χ0n) is 14.2. The summed E-state index contributed by atoms with van der Waals surface area (Å²) in [7, 11) is 1.44. The van der Waals surface area contributed by atoms with Crippen LogP contribution in [0, 0.1) is 27.3 Å². The van der Waals surface area contributed by atoms with Gasteiger partial charge >= 0.3 is 0 Å². The Balaban J connectivity index is 2.03. The predicted octanol–water partition coefficient (Wildman–Crippen LogP) is 5.07. The molecule has 134 valence electrons. The van der Waals surface area contributed by atoms with Crippen LogP contribution in [0.25, 0.3) is 23.0 Å². The maximum absolute atomic E-state index is 13.9. The molecule has 0 aliphatic carbocycles. The molecule has 0 N–H and O–H groups in total. The molecule has 0 fully saturated rings. The van der Waals surface area contributed by atoms with E-state index in [1.54, 1.807) is 18.2 Å². The highest BCUT2D eigenvalue weighted by Gasteiger charge is 2.16. The van der Waals surface area contributed by atoms with Crippen LogP contribution in [-0.4, -0.2) is 12.0 Å². The van der Waals surface area contributed by atoms with E-state index >= 15 is 0 Å². The van der Waals surface area contributed by atoms with Crippen molar-refractivity contribution < 1.29 is 18.5 Å². The lowest BCUT2D eigenvalue weighted by atomic mass is 10.1. The summed E-state index contributed by atoms with van der Waals surface area (Å²) in [6.45, 7) is 0. The van der Waals surface area contributed by atoms with Gasteiger partial charge in [0.2, 0.25) is 0 Å². The van der Waals surface area contributed by atoms with Gasteiger partial charge in [-0.15, -0.1) is 0 Å². The largest absolute Gasteiger partial charge is 0.496 e. The fourth-order valence-electron chi connectivity index (χ4n) is 2.57. The van der Waals surface area contributed by atoms with Crippen LogP contribution in [0.2, 0.25) is 0 Å². The smallest absolute Gasteiger partial charge is 0.270 e. The van der Waals surface area contributed by atoms with Crippen LogP contribution in [0.1, 0.15) is 11.3 Å². The molecule has 3 rings (SSSR count). The molecule has 0 amide bonds. The summed E-state index contributed by atoms with van der Waals surface area (Å²) >= 11 is 0. The number of methoxy groups -OCH3 is 1. The van der Waals surface area contributed by atoms with Gasteiger partial charge in [0.1, 0.15) is 23.1 Å². The summed E-state index contributed by atoms with van der Waals surface area (Å²) in [5, 5.41) is 20.4. The van der Waals surface area contributed by atoms with Gasteiger partial charge in [-0.05, 0) is 30.3 Å². The number of benzene rings is 2. The second-order valence-corrected chi connectivity index (χ2v) is 5.49. The molecule has 0 spiro atoms. The monoisotopic (exact) mass is 364 g/mol. The van der Waals surface area contributed by atoms with Gasteiger partial charge in [-0.1, -0.05) is 18.2 Å². The highest BCUT2D eigenvalue weighted by molar-refractivity contribution is 5.89. The van der Waals surface area contributed by atoms with Crippen LogP contribution in [0.5, 0.6) is 5.75 Å². The number of halogens is 1. The number of rotatable bonds is 5. The number of allylic oxidation sites excluding steroid dienone is 1. The Morgan fingerprint density at radius 3 is 2.70 bits per heavy atom. The van der Waals surface area contributed by atoms with E-state index < -0.39 is 10.7 Å². The number of nitro benzene ring substituents is 1. The second-order valence-electron chi connectivity index (χ2n) is 5.49. The minimum atomic E-state index is -0.516. The minimum Gasteiger partial charge on any atom is -0.496 e. The first-order valence-corrected chi connectivity index (χ1v) is 7.83. The molecule has 0 bridgehead atoms. The number of ether oxygens (including phenoxy) is 1. The molecule has 0 unspecified atom stereocenters.